The molecule has 0 amide bonds. The van der Waals surface area contributed by atoms with Crippen molar-refractivity contribution >= 4 is 17.3 Å². The molecule has 2 aromatic carbocycles. The number of alkyl halides is 3. The number of aryl methyl sites for hydroxylation is 1. The Bertz CT molecular complexity index is 973. The molecule has 2 heterocycles. The van der Waals surface area contributed by atoms with Crippen LogP contribution in [0.3, 0.4) is 0 Å². The molecule has 186 valence electrons. The Kier molecular flexibility index (Phi) is 8.08. The topological polar surface area (TPSA) is 13.0 Å². The smallest absolute Gasteiger partial charge is 0.370 e. The molecular weight excluding hydrogens is 461 g/mol. The van der Waals surface area contributed by atoms with Crippen LogP contribution in [-0.4, -0.2) is 74.1 Å². The number of hydrogen-bond donors (Lipinski definition) is 0. The van der Waals surface area contributed by atoms with Gasteiger partial charge < -0.3 is 9.80 Å². The van der Waals surface area contributed by atoms with Crippen molar-refractivity contribution in [1.29, 1.82) is 0 Å². The molecule has 2 fully saturated rings. The highest BCUT2D eigenvalue weighted by molar-refractivity contribution is 6.31. The normalized spacial score (nSPS) is 19.4. The summed E-state index contributed by atoms with van der Waals surface area (Å²) < 4.78 is 41.4. The van der Waals surface area contributed by atoms with Crippen LogP contribution in [-0.2, 0) is 19.3 Å². The highest BCUT2D eigenvalue weighted by Crippen LogP contribution is 2.35. The summed E-state index contributed by atoms with van der Waals surface area (Å²) in [4.78, 5) is 9.00. The standard InChI is InChI=1S/C26H34ClF3N4/c1-20-16-21(4-7-25(20)27)18-32-11-13-33(14-12-32)19-22-17-23(5-6-24(22)26(28,29)30)34-9-3-8-31(2)10-15-34/h4-7,16-17H,3,8-15,18-19H2,1-2H3. The fourth-order valence-electron chi connectivity index (χ4n) is 4.90. The maximum atomic E-state index is 13.8. The van der Waals surface area contributed by atoms with Crippen molar-refractivity contribution in [2.75, 3.05) is 64.3 Å². The van der Waals surface area contributed by atoms with E-state index in [1.807, 2.05) is 19.1 Å². The van der Waals surface area contributed by atoms with Crippen molar-refractivity contribution in [3.63, 3.8) is 0 Å². The first kappa shape index (κ1) is 25.3. The van der Waals surface area contributed by atoms with E-state index in [0.717, 1.165) is 81.6 Å². The predicted molar refractivity (Wildman–Crippen MR) is 133 cm³/mol. The van der Waals surface area contributed by atoms with Gasteiger partial charge >= 0.3 is 6.18 Å². The van der Waals surface area contributed by atoms with E-state index in [-0.39, 0.29) is 0 Å². The second-order valence-corrected chi connectivity index (χ2v) is 10.0. The van der Waals surface area contributed by atoms with Crippen molar-refractivity contribution in [3.8, 4) is 0 Å². The van der Waals surface area contributed by atoms with Crippen LogP contribution in [0.25, 0.3) is 0 Å². The quantitative estimate of drug-likeness (QED) is 0.571. The second-order valence-electron chi connectivity index (χ2n) is 9.62. The molecule has 4 nitrogen and oxygen atoms in total. The van der Waals surface area contributed by atoms with Gasteiger partial charge in [0.2, 0.25) is 0 Å². The van der Waals surface area contributed by atoms with E-state index in [4.69, 9.17) is 11.6 Å². The van der Waals surface area contributed by atoms with Crippen molar-refractivity contribution in [2.24, 2.45) is 0 Å². The Balaban J connectivity index is 1.42. The molecule has 0 spiro atoms. The zero-order chi connectivity index (χ0) is 24.3. The zero-order valence-corrected chi connectivity index (χ0v) is 20.8. The largest absolute Gasteiger partial charge is 0.416 e. The number of nitrogens with zero attached hydrogens (tertiary/aromatic N) is 4. The third-order valence-corrected chi connectivity index (χ3v) is 7.39. The van der Waals surface area contributed by atoms with Gasteiger partial charge in [-0.05, 0) is 67.9 Å². The van der Waals surface area contributed by atoms with Crippen LogP contribution in [0.1, 0.15) is 28.7 Å². The molecule has 0 bridgehead atoms. The fraction of sp³-hybridized carbons (Fsp3) is 0.538. The molecule has 0 unspecified atom stereocenters. The molecule has 4 rings (SSSR count). The Morgan fingerprint density at radius 2 is 1.53 bits per heavy atom. The number of piperazine rings is 1. The number of benzene rings is 2. The van der Waals surface area contributed by atoms with E-state index in [0.29, 0.717) is 12.1 Å². The summed E-state index contributed by atoms with van der Waals surface area (Å²) >= 11 is 6.13. The van der Waals surface area contributed by atoms with Gasteiger partial charge in [-0.15, -0.1) is 0 Å². The third-order valence-electron chi connectivity index (χ3n) is 6.97. The van der Waals surface area contributed by atoms with E-state index < -0.39 is 11.7 Å². The van der Waals surface area contributed by atoms with Gasteiger partial charge in [-0.2, -0.15) is 13.2 Å². The molecule has 0 saturated carbocycles. The zero-order valence-electron chi connectivity index (χ0n) is 20.0. The van der Waals surface area contributed by atoms with Crippen LogP contribution in [0, 0.1) is 6.92 Å². The van der Waals surface area contributed by atoms with Crippen LogP contribution in [0.5, 0.6) is 0 Å². The highest BCUT2D eigenvalue weighted by Gasteiger charge is 2.34. The van der Waals surface area contributed by atoms with E-state index in [9.17, 15) is 13.2 Å². The number of anilines is 1. The lowest BCUT2D eigenvalue weighted by atomic mass is 10.0. The summed E-state index contributed by atoms with van der Waals surface area (Å²) in [6.45, 7) is 9.98. The second kappa shape index (κ2) is 10.9. The van der Waals surface area contributed by atoms with Gasteiger partial charge in [0.05, 0.1) is 5.56 Å². The Hall–Kier alpha value is -1.80. The molecule has 2 aliphatic rings. The summed E-state index contributed by atoms with van der Waals surface area (Å²) in [5.41, 5.74) is 3.04. The molecule has 2 aliphatic heterocycles. The minimum absolute atomic E-state index is 0.324. The molecule has 2 saturated heterocycles. The van der Waals surface area contributed by atoms with Crippen molar-refractivity contribution in [2.45, 2.75) is 32.6 Å². The maximum Gasteiger partial charge on any atom is 0.416 e. The molecular formula is C26H34ClF3N4. The van der Waals surface area contributed by atoms with Crippen LogP contribution in [0.15, 0.2) is 36.4 Å². The van der Waals surface area contributed by atoms with Crippen molar-refractivity contribution in [1.82, 2.24) is 14.7 Å². The van der Waals surface area contributed by atoms with Crippen LogP contribution in [0.4, 0.5) is 18.9 Å². The third kappa shape index (κ3) is 6.45. The fourth-order valence-corrected chi connectivity index (χ4v) is 5.02. The minimum atomic E-state index is -4.35. The molecule has 0 atom stereocenters. The summed E-state index contributed by atoms with van der Waals surface area (Å²) in [5.74, 6) is 0. The van der Waals surface area contributed by atoms with Crippen LogP contribution < -0.4 is 4.90 Å². The summed E-state index contributed by atoms with van der Waals surface area (Å²) in [6.07, 6.45) is -3.33. The first-order chi connectivity index (χ1) is 16.2. The van der Waals surface area contributed by atoms with Gasteiger partial charge in [0.1, 0.15) is 0 Å². The van der Waals surface area contributed by atoms with E-state index >= 15 is 0 Å². The molecule has 0 radical (unpaired) electrons. The van der Waals surface area contributed by atoms with Gasteiger partial charge in [0.15, 0.2) is 0 Å². The first-order valence-corrected chi connectivity index (χ1v) is 12.4. The monoisotopic (exact) mass is 494 g/mol. The van der Waals surface area contributed by atoms with Crippen LogP contribution in [0.2, 0.25) is 5.02 Å². The summed E-state index contributed by atoms with van der Waals surface area (Å²) in [6, 6.07) is 10.8. The SMILES string of the molecule is Cc1cc(CN2CCN(Cc3cc(N4CCCN(C)CC4)ccc3C(F)(F)F)CC2)ccc1Cl. The van der Waals surface area contributed by atoms with Gasteiger partial charge in [0, 0.05) is 69.6 Å². The minimum Gasteiger partial charge on any atom is -0.370 e. The number of likely N-dealkylation sites (N-methyl/N-ethyl adjacent to an activating group) is 1. The lowest BCUT2D eigenvalue weighted by Gasteiger charge is -2.35. The van der Waals surface area contributed by atoms with Gasteiger partial charge in [0.25, 0.3) is 0 Å². The molecule has 2 aromatic rings. The number of rotatable bonds is 5. The molecule has 0 aliphatic carbocycles. The van der Waals surface area contributed by atoms with E-state index in [1.54, 1.807) is 12.1 Å². The maximum absolute atomic E-state index is 13.8. The lowest BCUT2D eigenvalue weighted by Crippen LogP contribution is -2.45. The summed E-state index contributed by atoms with van der Waals surface area (Å²) in [5, 5.41) is 0.767. The van der Waals surface area contributed by atoms with E-state index in [2.05, 4.69) is 32.7 Å². The molecule has 34 heavy (non-hydrogen) atoms. The lowest BCUT2D eigenvalue weighted by molar-refractivity contribution is -0.138. The molecule has 0 aromatic heterocycles. The van der Waals surface area contributed by atoms with Gasteiger partial charge in [-0.3, -0.25) is 9.80 Å². The number of hydrogen-bond acceptors (Lipinski definition) is 4. The first-order valence-electron chi connectivity index (χ1n) is 12.0. The molecule has 0 N–H and O–H groups in total. The predicted octanol–water partition coefficient (Wildman–Crippen LogP) is 5.13. The highest BCUT2D eigenvalue weighted by atomic mass is 35.5. The van der Waals surface area contributed by atoms with Gasteiger partial charge in [-0.1, -0.05) is 23.7 Å². The Labute approximate surface area is 205 Å². The molecule has 8 heteroatoms. The average molecular weight is 495 g/mol. The number of halogens is 4. The van der Waals surface area contributed by atoms with Gasteiger partial charge in [-0.25, -0.2) is 0 Å². The average Bonchev–Trinajstić information content (AvgIpc) is 3.01. The van der Waals surface area contributed by atoms with Crippen LogP contribution >= 0.6 is 11.6 Å². The Morgan fingerprint density at radius 1 is 0.824 bits per heavy atom. The Morgan fingerprint density at radius 3 is 2.21 bits per heavy atom. The van der Waals surface area contributed by atoms with E-state index in [1.165, 1.54) is 11.6 Å². The van der Waals surface area contributed by atoms with Crippen molar-refractivity contribution < 1.29 is 13.2 Å². The summed E-state index contributed by atoms with van der Waals surface area (Å²) in [7, 11) is 2.09. The van der Waals surface area contributed by atoms with Crippen molar-refractivity contribution in [3.05, 3.63) is 63.7 Å².